The van der Waals surface area contributed by atoms with Crippen molar-refractivity contribution >= 4 is 27.3 Å². The first-order valence-electron chi connectivity index (χ1n) is 8.19. The number of amides is 1. The van der Waals surface area contributed by atoms with E-state index in [1.54, 1.807) is 11.0 Å². The second-order valence-electron chi connectivity index (χ2n) is 6.25. The zero-order valence-electron chi connectivity index (χ0n) is 14.4. The Balaban J connectivity index is 1.86. The van der Waals surface area contributed by atoms with Crippen LogP contribution in [-0.4, -0.2) is 20.9 Å². The van der Waals surface area contributed by atoms with Crippen LogP contribution in [0.4, 0.5) is 24.5 Å². The van der Waals surface area contributed by atoms with Crippen LogP contribution in [0.1, 0.15) is 24.5 Å². The number of sulfonamides is 1. The van der Waals surface area contributed by atoms with E-state index in [2.05, 4.69) is 4.72 Å². The molecule has 0 unspecified atom stereocenters. The molecule has 5 nitrogen and oxygen atoms in total. The summed E-state index contributed by atoms with van der Waals surface area (Å²) in [6, 6.07) is 8.22. The fraction of sp³-hybridized carbons (Fsp3) is 0.278. The molecule has 0 saturated carbocycles. The fourth-order valence-electron chi connectivity index (χ4n) is 3.01. The van der Waals surface area contributed by atoms with Crippen molar-refractivity contribution < 1.29 is 26.4 Å². The molecule has 0 aliphatic carbocycles. The Hall–Kier alpha value is -2.55. The van der Waals surface area contributed by atoms with Crippen molar-refractivity contribution in [1.82, 2.24) is 0 Å². The van der Waals surface area contributed by atoms with E-state index in [1.807, 2.05) is 0 Å². The zero-order valence-corrected chi connectivity index (χ0v) is 15.2. The number of rotatable bonds is 3. The van der Waals surface area contributed by atoms with Crippen molar-refractivity contribution in [3.05, 3.63) is 53.6 Å². The van der Waals surface area contributed by atoms with Gasteiger partial charge in [0, 0.05) is 24.8 Å². The van der Waals surface area contributed by atoms with E-state index in [-0.39, 0.29) is 16.5 Å². The molecule has 1 amide bonds. The molecule has 0 radical (unpaired) electrons. The monoisotopic (exact) mass is 398 g/mol. The van der Waals surface area contributed by atoms with E-state index < -0.39 is 21.8 Å². The zero-order chi connectivity index (χ0) is 19.8. The lowest BCUT2D eigenvalue weighted by Crippen LogP contribution is -2.33. The van der Waals surface area contributed by atoms with E-state index in [0.717, 1.165) is 36.2 Å². The summed E-state index contributed by atoms with van der Waals surface area (Å²) in [4.78, 5) is 13.3. The molecule has 0 aromatic heterocycles. The van der Waals surface area contributed by atoms with E-state index in [9.17, 15) is 26.4 Å². The topological polar surface area (TPSA) is 66.5 Å². The number of aryl methyl sites for hydroxylation is 1. The van der Waals surface area contributed by atoms with Crippen LogP contribution in [0, 0.1) is 0 Å². The molecule has 0 fully saturated rings. The summed E-state index contributed by atoms with van der Waals surface area (Å²) in [5.41, 5.74) is 0.601. The third-order valence-corrected chi connectivity index (χ3v) is 5.70. The van der Waals surface area contributed by atoms with E-state index in [1.165, 1.54) is 19.1 Å². The lowest BCUT2D eigenvalue weighted by molar-refractivity contribution is -0.137. The van der Waals surface area contributed by atoms with E-state index in [0.29, 0.717) is 18.7 Å². The van der Waals surface area contributed by atoms with Crippen molar-refractivity contribution in [3.8, 4) is 0 Å². The number of carbonyl (C=O) groups is 1. The van der Waals surface area contributed by atoms with Crippen molar-refractivity contribution in [2.24, 2.45) is 0 Å². The van der Waals surface area contributed by atoms with Crippen molar-refractivity contribution in [1.29, 1.82) is 0 Å². The molecule has 9 heteroatoms. The molecule has 0 spiro atoms. The molecule has 1 N–H and O–H groups in total. The Morgan fingerprint density at radius 2 is 1.78 bits per heavy atom. The van der Waals surface area contributed by atoms with Gasteiger partial charge < -0.3 is 4.90 Å². The Kier molecular flexibility index (Phi) is 4.90. The summed E-state index contributed by atoms with van der Waals surface area (Å²) >= 11 is 0. The van der Waals surface area contributed by atoms with Gasteiger partial charge in [0.2, 0.25) is 5.91 Å². The van der Waals surface area contributed by atoms with Crippen LogP contribution in [0.25, 0.3) is 0 Å². The first kappa shape index (κ1) is 19.2. The SMILES string of the molecule is CC(=O)N1CCCc2cc(S(=O)(=O)Nc3ccc(C(F)(F)F)cc3)ccc21. The van der Waals surface area contributed by atoms with Gasteiger partial charge in [0.15, 0.2) is 0 Å². The molecule has 1 aliphatic heterocycles. The summed E-state index contributed by atoms with van der Waals surface area (Å²) in [6.07, 6.45) is -3.12. The molecule has 2 aromatic rings. The quantitative estimate of drug-likeness (QED) is 0.855. The van der Waals surface area contributed by atoms with Gasteiger partial charge in [-0.25, -0.2) is 8.42 Å². The van der Waals surface area contributed by atoms with Crippen LogP contribution in [0.15, 0.2) is 47.4 Å². The Bertz CT molecular complexity index is 970. The number of nitrogens with zero attached hydrogens (tertiary/aromatic N) is 1. The van der Waals surface area contributed by atoms with Crippen molar-refractivity contribution in [2.45, 2.75) is 30.8 Å². The maximum atomic E-state index is 12.6. The number of nitrogens with one attached hydrogen (secondary N) is 1. The third-order valence-electron chi connectivity index (χ3n) is 4.32. The Morgan fingerprint density at radius 1 is 1.11 bits per heavy atom. The molecule has 144 valence electrons. The molecule has 3 rings (SSSR count). The third kappa shape index (κ3) is 4.08. The number of hydrogen-bond acceptors (Lipinski definition) is 3. The predicted octanol–water partition coefficient (Wildman–Crippen LogP) is 3.81. The highest BCUT2D eigenvalue weighted by atomic mass is 32.2. The highest BCUT2D eigenvalue weighted by molar-refractivity contribution is 7.92. The van der Waals surface area contributed by atoms with Crippen LogP contribution in [0.5, 0.6) is 0 Å². The first-order chi connectivity index (χ1) is 12.6. The molecule has 1 heterocycles. The van der Waals surface area contributed by atoms with E-state index in [4.69, 9.17) is 0 Å². The summed E-state index contributed by atoms with van der Waals surface area (Å²) in [5.74, 6) is -0.116. The molecule has 0 atom stereocenters. The lowest BCUT2D eigenvalue weighted by Gasteiger charge is -2.28. The fourth-order valence-corrected chi connectivity index (χ4v) is 4.12. The van der Waals surface area contributed by atoms with Gasteiger partial charge in [0.25, 0.3) is 10.0 Å². The minimum absolute atomic E-state index is 0.00782. The molecule has 1 aliphatic rings. The molecular formula is C18H17F3N2O3S. The number of fused-ring (bicyclic) bond motifs is 1. The van der Waals surface area contributed by atoms with Crippen molar-refractivity contribution in [3.63, 3.8) is 0 Å². The van der Waals surface area contributed by atoms with Gasteiger partial charge in [0.05, 0.1) is 10.5 Å². The lowest BCUT2D eigenvalue weighted by atomic mass is 10.0. The smallest absolute Gasteiger partial charge is 0.312 e. The normalized spacial score (nSPS) is 14.6. The summed E-state index contributed by atoms with van der Waals surface area (Å²) in [6.45, 7) is 2.03. The van der Waals surface area contributed by atoms with Crippen LogP contribution < -0.4 is 9.62 Å². The molecule has 2 aromatic carbocycles. The number of carbonyl (C=O) groups excluding carboxylic acids is 1. The van der Waals surface area contributed by atoms with Crippen LogP contribution in [-0.2, 0) is 27.4 Å². The van der Waals surface area contributed by atoms with Gasteiger partial charge in [-0.3, -0.25) is 9.52 Å². The minimum atomic E-state index is -4.49. The number of halogens is 3. The highest BCUT2D eigenvalue weighted by Crippen LogP contribution is 2.32. The van der Waals surface area contributed by atoms with Crippen LogP contribution in [0.2, 0.25) is 0 Å². The average Bonchev–Trinajstić information content (AvgIpc) is 2.60. The number of anilines is 2. The Labute approximate surface area is 154 Å². The van der Waals surface area contributed by atoms with Gasteiger partial charge in [-0.1, -0.05) is 0 Å². The van der Waals surface area contributed by atoms with Crippen LogP contribution >= 0.6 is 0 Å². The number of benzene rings is 2. The molecule has 0 bridgehead atoms. The second kappa shape index (κ2) is 6.88. The average molecular weight is 398 g/mol. The summed E-state index contributed by atoms with van der Waals surface area (Å²) < 4.78 is 65.2. The number of hydrogen-bond donors (Lipinski definition) is 1. The minimum Gasteiger partial charge on any atom is -0.312 e. The standard InChI is InChI=1S/C18H17F3N2O3S/c1-12(24)23-10-2-3-13-11-16(8-9-17(13)23)27(25,26)22-15-6-4-14(5-7-15)18(19,20)21/h4-9,11,22H,2-3,10H2,1H3. The second-order valence-corrected chi connectivity index (χ2v) is 7.93. The highest BCUT2D eigenvalue weighted by Gasteiger charge is 2.30. The van der Waals surface area contributed by atoms with Gasteiger partial charge in [-0.05, 0) is 60.9 Å². The summed E-state index contributed by atoms with van der Waals surface area (Å²) in [5, 5.41) is 0. The maximum Gasteiger partial charge on any atom is 0.416 e. The van der Waals surface area contributed by atoms with Gasteiger partial charge >= 0.3 is 6.18 Å². The molecular weight excluding hydrogens is 381 g/mol. The molecule has 0 saturated heterocycles. The van der Waals surface area contributed by atoms with Gasteiger partial charge in [-0.15, -0.1) is 0 Å². The Morgan fingerprint density at radius 3 is 2.37 bits per heavy atom. The summed E-state index contributed by atoms with van der Waals surface area (Å²) in [7, 11) is -3.97. The first-order valence-corrected chi connectivity index (χ1v) is 9.67. The van der Waals surface area contributed by atoms with Crippen LogP contribution in [0.3, 0.4) is 0 Å². The van der Waals surface area contributed by atoms with Crippen molar-refractivity contribution in [2.75, 3.05) is 16.2 Å². The largest absolute Gasteiger partial charge is 0.416 e. The maximum absolute atomic E-state index is 12.6. The predicted molar refractivity (Wildman–Crippen MR) is 95.0 cm³/mol. The van der Waals surface area contributed by atoms with E-state index >= 15 is 0 Å². The van der Waals surface area contributed by atoms with Gasteiger partial charge in [-0.2, -0.15) is 13.2 Å². The van der Waals surface area contributed by atoms with Gasteiger partial charge in [0.1, 0.15) is 0 Å². The molecule has 27 heavy (non-hydrogen) atoms. The number of alkyl halides is 3.